The van der Waals surface area contributed by atoms with Crippen LogP contribution in [-0.4, -0.2) is 4.98 Å². The molecule has 108 valence electrons. The molecule has 0 saturated heterocycles. The average Bonchev–Trinajstić information content (AvgIpc) is 3.17. The van der Waals surface area contributed by atoms with Gasteiger partial charge in [-0.3, -0.25) is 10.3 Å². The zero-order valence-electron chi connectivity index (χ0n) is 11.5. The molecule has 0 aromatic carbocycles. The Kier molecular flexibility index (Phi) is 4.70. The summed E-state index contributed by atoms with van der Waals surface area (Å²) in [5.41, 5.74) is 1.04. The van der Waals surface area contributed by atoms with Crippen LogP contribution in [0.5, 0.6) is 0 Å². The fraction of sp³-hybridized carbons (Fsp3) is 0.188. The van der Waals surface area contributed by atoms with Crippen molar-refractivity contribution in [1.29, 1.82) is 0 Å². The highest BCUT2D eigenvalue weighted by molar-refractivity contribution is 7.16. The number of aromatic nitrogens is 1. The van der Waals surface area contributed by atoms with Gasteiger partial charge in [0.2, 0.25) is 0 Å². The molecule has 0 radical (unpaired) electrons. The third-order valence-electron chi connectivity index (χ3n) is 3.25. The van der Waals surface area contributed by atoms with Crippen molar-refractivity contribution in [1.82, 2.24) is 10.3 Å². The molecule has 21 heavy (non-hydrogen) atoms. The van der Waals surface area contributed by atoms with Crippen molar-refractivity contribution < 1.29 is 0 Å². The predicted octanol–water partition coefficient (Wildman–Crippen LogP) is 5.30. The lowest BCUT2D eigenvalue weighted by Gasteiger charge is -2.21. The van der Waals surface area contributed by atoms with Crippen LogP contribution in [0.3, 0.4) is 0 Å². The van der Waals surface area contributed by atoms with E-state index in [1.54, 1.807) is 22.7 Å². The van der Waals surface area contributed by atoms with Crippen molar-refractivity contribution in [2.24, 2.45) is 0 Å². The number of halogens is 1. The van der Waals surface area contributed by atoms with Gasteiger partial charge in [-0.15, -0.1) is 22.7 Å². The van der Waals surface area contributed by atoms with Gasteiger partial charge in [-0.2, -0.15) is 0 Å². The first-order valence-electron chi connectivity index (χ1n) is 6.69. The first-order chi connectivity index (χ1) is 10.2. The lowest BCUT2D eigenvalue weighted by molar-refractivity contribution is 0.516. The van der Waals surface area contributed by atoms with Crippen molar-refractivity contribution in [3.8, 4) is 0 Å². The minimum absolute atomic E-state index is 0.152. The van der Waals surface area contributed by atoms with Gasteiger partial charge in [0.1, 0.15) is 0 Å². The molecule has 2 atom stereocenters. The molecule has 0 aliphatic rings. The summed E-state index contributed by atoms with van der Waals surface area (Å²) in [4.78, 5) is 6.95. The summed E-state index contributed by atoms with van der Waals surface area (Å²) in [6, 6.07) is 14.6. The van der Waals surface area contributed by atoms with Crippen molar-refractivity contribution in [2.75, 3.05) is 0 Å². The van der Waals surface area contributed by atoms with E-state index in [4.69, 9.17) is 11.6 Å². The highest BCUT2D eigenvalue weighted by Gasteiger charge is 2.20. The highest BCUT2D eigenvalue weighted by atomic mass is 35.5. The molecule has 3 rings (SSSR count). The summed E-state index contributed by atoms with van der Waals surface area (Å²) in [5, 5.41) is 5.77. The van der Waals surface area contributed by atoms with Gasteiger partial charge in [0.15, 0.2) is 0 Å². The summed E-state index contributed by atoms with van der Waals surface area (Å²) >= 11 is 9.47. The average molecular weight is 335 g/mol. The van der Waals surface area contributed by atoms with Gasteiger partial charge in [-0.25, -0.2) is 0 Å². The minimum Gasteiger partial charge on any atom is -0.297 e. The number of hydrogen-bond donors (Lipinski definition) is 1. The van der Waals surface area contributed by atoms with Crippen molar-refractivity contribution in [3.05, 3.63) is 73.8 Å². The molecule has 1 N–H and O–H groups in total. The first kappa shape index (κ1) is 14.7. The normalized spacial score (nSPS) is 14.0. The minimum atomic E-state index is 0.152. The van der Waals surface area contributed by atoms with E-state index in [1.165, 1.54) is 9.75 Å². The molecule has 5 heteroatoms. The topological polar surface area (TPSA) is 24.9 Å². The first-order valence-corrected chi connectivity index (χ1v) is 8.77. The van der Waals surface area contributed by atoms with Crippen LogP contribution in [-0.2, 0) is 0 Å². The molecule has 0 fully saturated rings. The summed E-state index contributed by atoms with van der Waals surface area (Å²) < 4.78 is 0.818. The van der Waals surface area contributed by atoms with Crippen molar-refractivity contribution in [2.45, 2.75) is 19.0 Å². The van der Waals surface area contributed by atoms with E-state index in [9.17, 15) is 0 Å². The second kappa shape index (κ2) is 6.71. The Bertz CT molecular complexity index is 679. The molecule has 0 bridgehead atoms. The van der Waals surface area contributed by atoms with Crippen LogP contribution in [0.4, 0.5) is 0 Å². The number of hydrogen-bond acceptors (Lipinski definition) is 4. The number of pyridine rings is 1. The number of nitrogens with zero attached hydrogens (tertiary/aromatic N) is 1. The van der Waals surface area contributed by atoms with E-state index in [-0.39, 0.29) is 12.1 Å². The fourth-order valence-electron chi connectivity index (χ4n) is 2.21. The van der Waals surface area contributed by atoms with Gasteiger partial charge in [0, 0.05) is 22.0 Å². The van der Waals surface area contributed by atoms with Crippen molar-refractivity contribution in [3.63, 3.8) is 0 Å². The summed E-state index contributed by atoms with van der Waals surface area (Å²) in [7, 11) is 0. The maximum Gasteiger partial charge on any atom is 0.0931 e. The lowest BCUT2D eigenvalue weighted by Crippen LogP contribution is -2.25. The molecule has 0 spiro atoms. The Hall–Kier alpha value is -1.20. The Morgan fingerprint density at radius 3 is 2.62 bits per heavy atom. The van der Waals surface area contributed by atoms with E-state index in [1.807, 2.05) is 30.5 Å². The second-order valence-corrected chi connectivity index (χ2v) is 7.46. The molecule has 3 heterocycles. The molecular weight excluding hydrogens is 320 g/mol. The molecule has 3 aromatic rings. The van der Waals surface area contributed by atoms with Gasteiger partial charge in [-0.1, -0.05) is 23.7 Å². The van der Waals surface area contributed by atoms with Gasteiger partial charge in [0.25, 0.3) is 0 Å². The van der Waals surface area contributed by atoms with Crippen LogP contribution in [0, 0.1) is 0 Å². The Labute approximate surface area is 137 Å². The summed E-state index contributed by atoms with van der Waals surface area (Å²) in [6.45, 7) is 2.14. The molecule has 1 unspecified atom stereocenters. The third-order valence-corrected chi connectivity index (χ3v) is 5.49. The van der Waals surface area contributed by atoms with Crippen molar-refractivity contribution >= 4 is 34.3 Å². The maximum atomic E-state index is 6.10. The van der Waals surface area contributed by atoms with Crippen LogP contribution in [0.15, 0.2) is 54.0 Å². The Morgan fingerprint density at radius 2 is 2.00 bits per heavy atom. The van der Waals surface area contributed by atoms with E-state index >= 15 is 0 Å². The molecule has 0 amide bonds. The monoisotopic (exact) mass is 334 g/mol. The summed E-state index contributed by atoms with van der Waals surface area (Å²) in [6.07, 6.45) is 1.83. The summed E-state index contributed by atoms with van der Waals surface area (Å²) in [5.74, 6) is 0. The maximum absolute atomic E-state index is 6.10. The Balaban J connectivity index is 1.86. The van der Waals surface area contributed by atoms with Gasteiger partial charge < -0.3 is 0 Å². The van der Waals surface area contributed by atoms with Gasteiger partial charge >= 0.3 is 0 Å². The molecule has 0 aliphatic heterocycles. The van der Waals surface area contributed by atoms with Gasteiger partial charge in [-0.05, 0) is 42.6 Å². The van der Waals surface area contributed by atoms with E-state index in [2.05, 4.69) is 40.8 Å². The SMILES string of the molecule is C[C@H](NC(c1cccs1)c1ccc(Cl)s1)c1ccccn1. The van der Waals surface area contributed by atoms with Crippen LogP contribution in [0.25, 0.3) is 0 Å². The highest BCUT2D eigenvalue weighted by Crippen LogP contribution is 2.34. The van der Waals surface area contributed by atoms with Crippen LogP contribution >= 0.6 is 34.3 Å². The van der Waals surface area contributed by atoms with Crippen LogP contribution in [0.2, 0.25) is 4.34 Å². The number of thiophene rings is 2. The van der Waals surface area contributed by atoms with E-state index in [0.29, 0.717) is 0 Å². The number of rotatable bonds is 5. The fourth-order valence-corrected chi connectivity index (χ4v) is 4.23. The smallest absolute Gasteiger partial charge is 0.0931 e. The molecule has 3 aromatic heterocycles. The Morgan fingerprint density at radius 1 is 1.10 bits per heavy atom. The molecular formula is C16H15ClN2S2. The zero-order chi connectivity index (χ0) is 14.7. The molecule has 0 aliphatic carbocycles. The zero-order valence-corrected chi connectivity index (χ0v) is 13.9. The van der Waals surface area contributed by atoms with Gasteiger partial charge in [0.05, 0.1) is 16.1 Å². The van der Waals surface area contributed by atoms with Crippen LogP contribution < -0.4 is 5.32 Å². The van der Waals surface area contributed by atoms with Crippen LogP contribution in [0.1, 0.15) is 34.5 Å². The standard InChI is InChI=1S/C16H15ClN2S2/c1-11(12-5-2-3-9-18-12)19-16(13-6-4-10-20-13)14-7-8-15(17)21-14/h2-11,16,19H,1H3/t11-,16?/m0/s1. The molecule has 0 saturated carbocycles. The quantitative estimate of drug-likeness (QED) is 0.685. The lowest BCUT2D eigenvalue weighted by atomic mass is 10.1. The van der Waals surface area contributed by atoms with E-state index in [0.717, 1.165) is 10.0 Å². The predicted molar refractivity (Wildman–Crippen MR) is 91.3 cm³/mol. The second-order valence-electron chi connectivity index (χ2n) is 4.73. The number of nitrogens with one attached hydrogen (secondary N) is 1. The third kappa shape index (κ3) is 3.52. The van der Waals surface area contributed by atoms with E-state index < -0.39 is 0 Å². The largest absolute Gasteiger partial charge is 0.297 e. The molecule has 2 nitrogen and oxygen atoms in total.